The molecule has 8 heteroatoms. The summed E-state index contributed by atoms with van der Waals surface area (Å²) in [6.45, 7) is 1.88. The van der Waals surface area contributed by atoms with Crippen molar-refractivity contribution in [2.24, 2.45) is 5.92 Å². The molecular formula is C21H22FN3O4. The smallest absolute Gasteiger partial charge is 0.321 e. The molecule has 1 atom stereocenters. The SMILES string of the molecule is O=C(Nc1ccc2c(c1)OCCO2)[C@@H]1CCCN(C(=O)Nc2ccc(F)cc2)C1. The Morgan fingerprint density at radius 2 is 1.69 bits per heavy atom. The molecule has 4 rings (SSSR count). The molecule has 2 heterocycles. The van der Waals surface area contributed by atoms with Crippen molar-refractivity contribution < 1.29 is 23.5 Å². The fraction of sp³-hybridized carbons (Fsp3) is 0.333. The maximum absolute atomic E-state index is 13.0. The molecule has 2 aliphatic rings. The molecule has 2 aromatic rings. The first-order valence-electron chi connectivity index (χ1n) is 9.60. The van der Waals surface area contributed by atoms with E-state index in [0.717, 1.165) is 6.42 Å². The summed E-state index contributed by atoms with van der Waals surface area (Å²) >= 11 is 0. The Morgan fingerprint density at radius 1 is 0.966 bits per heavy atom. The normalized spacial score (nSPS) is 18.1. The number of benzene rings is 2. The van der Waals surface area contributed by atoms with Gasteiger partial charge >= 0.3 is 6.03 Å². The van der Waals surface area contributed by atoms with Gasteiger partial charge < -0.3 is 25.0 Å². The molecule has 0 spiro atoms. The number of anilines is 2. The van der Waals surface area contributed by atoms with Gasteiger partial charge in [-0.1, -0.05) is 0 Å². The lowest BCUT2D eigenvalue weighted by Crippen LogP contribution is -2.45. The number of carbonyl (C=O) groups is 2. The van der Waals surface area contributed by atoms with Crippen LogP contribution in [0.2, 0.25) is 0 Å². The van der Waals surface area contributed by atoms with E-state index < -0.39 is 0 Å². The van der Waals surface area contributed by atoms with Crippen LogP contribution < -0.4 is 20.1 Å². The second-order valence-corrected chi connectivity index (χ2v) is 7.07. The molecule has 0 saturated carbocycles. The number of ether oxygens (including phenoxy) is 2. The first-order valence-corrected chi connectivity index (χ1v) is 9.60. The second kappa shape index (κ2) is 8.38. The van der Waals surface area contributed by atoms with E-state index in [-0.39, 0.29) is 23.7 Å². The van der Waals surface area contributed by atoms with Crippen molar-refractivity contribution in [3.63, 3.8) is 0 Å². The van der Waals surface area contributed by atoms with Crippen molar-refractivity contribution in [1.29, 1.82) is 0 Å². The molecule has 152 valence electrons. The summed E-state index contributed by atoms with van der Waals surface area (Å²) < 4.78 is 24.0. The van der Waals surface area contributed by atoms with Gasteiger partial charge in [0.25, 0.3) is 0 Å². The van der Waals surface area contributed by atoms with Crippen molar-refractivity contribution >= 4 is 23.3 Å². The number of urea groups is 1. The molecule has 0 aromatic heterocycles. The van der Waals surface area contributed by atoms with Gasteiger partial charge in [0.05, 0.1) is 5.92 Å². The average molecular weight is 399 g/mol. The zero-order valence-corrected chi connectivity index (χ0v) is 15.8. The summed E-state index contributed by atoms with van der Waals surface area (Å²) in [6, 6.07) is 10.6. The standard InChI is InChI=1S/C21H22FN3O4/c22-15-3-5-16(6-4-15)24-21(27)25-9-1-2-14(13-25)20(26)23-17-7-8-18-19(12-17)29-11-10-28-18/h3-8,12,14H,1-2,9-11,13H2,(H,23,26)(H,24,27)/t14-/m1/s1. The van der Waals surface area contributed by atoms with Gasteiger partial charge in [0.1, 0.15) is 19.0 Å². The quantitative estimate of drug-likeness (QED) is 0.828. The number of carbonyl (C=O) groups excluding carboxylic acids is 2. The molecule has 29 heavy (non-hydrogen) atoms. The highest BCUT2D eigenvalue weighted by molar-refractivity contribution is 5.94. The third-order valence-electron chi connectivity index (χ3n) is 4.98. The summed E-state index contributed by atoms with van der Waals surface area (Å²) in [4.78, 5) is 26.8. The Morgan fingerprint density at radius 3 is 2.48 bits per heavy atom. The monoisotopic (exact) mass is 399 g/mol. The van der Waals surface area contributed by atoms with Crippen molar-refractivity contribution in [1.82, 2.24) is 4.90 Å². The zero-order valence-electron chi connectivity index (χ0n) is 15.8. The molecular weight excluding hydrogens is 377 g/mol. The van der Waals surface area contributed by atoms with E-state index in [1.54, 1.807) is 23.1 Å². The van der Waals surface area contributed by atoms with Crippen LogP contribution in [0.15, 0.2) is 42.5 Å². The van der Waals surface area contributed by atoms with Crippen LogP contribution in [0.3, 0.4) is 0 Å². The van der Waals surface area contributed by atoms with E-state index in [1.165, 1.54) is 24.3 Å². The summed E-state index contributed by atoms with van der Waals surface area (Å²) in [5, 5.41) is 5.64. The fourth-order valence-corrected chi connectivity index (χ4v) is 3.48. The van der Waals surface area contributed by atoms with Gasteiger partial charge in [-0.2, -0.15) is 0 Å². The summed E-state index contributed by atoms with van der Waals surface area (Å²) in [6.07, 6.45) is 1.44. The van der Waals surface area contributed by atoms with Crippen molar-refractivity contribution in [2.75, 3.05) is 36.9 Å². The highest BCUT2D eigenvalue weighted by Crippen LogP contribution is 2.33. The number of fused-ring (bicyclic) bond motifs is 1. The van der Waals surface area contributed by atoms with Gasteiger partial charge in [-0.3, -0.25) is 4.79 Å². The van der Waals surface area contributed by atoms with Crippen LogP contribution in [-0.2, 0) is 4.79 Å². The molecule has 2 N–H and O–H groups in total. The lowest BCUT2D eigenvalue weighted by Gasteiger charge is -2.32. The molecule has 7 nitrogen and oxygen atoms in total. The van der Waals surface area contributed by atoms with Crippen LogP contribution in [0.5, 0.6) is 11.5 Å². The number of hydrogen-bond donors (Lipinski definition) is 2. The summed E-state index contributed by atoms with van der Waals surface area (Å²) in [7, 11) is 0. The Bertz CT molecular complexity index is 903. The minimum atomic E-state index is -0.364. The van der Waals surface area contributed by atoms with Crippen LogP contribution >= 0.6 is 0 Å². The topological polar surface area (TPSA) is 79.9 Å². The lowest BCUT2D eigenvalue weighted by molar-refractivity contribution is -0.121. The van der Waals surface area contributed by atoms with Gasteiger partial charge in [-0.05, 0) is 49.2 Å². The van der Waals surface area contributed by atoms with E-state index in [9.17, 15) is 14.0 Å². The number of hydrogen-bond acceptors (Lipinski definition) is 4. The summed E-state index contributed by atoms with van der Waals surface area (Å²) in [5.74, 6) is 0.460. The maximum atomic E-state index is 13.0. The Kier molecular flexibility index (Phi) is 5.50. The van der Waals surface area contributed by atoms with Crippen molar-refractivity contribution in [3.05, 3.63) is 48.3 Å². The van der Waals surface area contributed by atoms with Gasteiger partial charge in [0, 0.05) is 30.5 Å². The van der Waals surface area contributed by atoms with Crippen LogP contribution in [0, 0.1) is 11.7 Å². The van der Waals surface area contributed by atoms with E-state index in [2.05, 4.69) is 10.6 Å². The van der Waals surface area contributed by atoms with Gasteiger partial charge in [0.2, 0.25) is 5.91 Å². The molecule has 1 saturated heterocycles. The number of nitrogens with one attached hydrogen (secondary N) is 2. The molecule has 0 unspecified atom stereocenters. The number of piperidine rings is 1. The van der Waals surface area contributed by atoms with Crippen LogP contribution in [0.4, 0.5) is 20.6 Å². The second-order valence-electron chi connectivity index (χ2n) is 7.07. The number of amides is 3. The molecule has 1 fully saturated rings. The van der Waals surface area contributed by atoms with Crippen LogP contribution in [0.1, 0.15) is 12.8 Å². The maximum Gasteiger partial charge on any atom is 0.321 e. The Hall–Kier alpha value is -3.29. The zero-order chi connectivity index (χ0) is 20.2. The predicted molar refractivity (Wildman–Crippen MR) is 106 cm³/mol. The number of halogens is 1. The highest BCUT2D eigenvalue weighted by atomic mass is 19.1. The number of likely N-dealkylation sites (tertiary alicyclic amines) is 1. The molecule has 0 aliphatic carbocycles. The van der Waals surface area contributed by atoms with Crippen molar-refractivity contribution in [3.8, 4) is 11.5 Å². The molecule has 0 bridgehead atoms. The first-order chi connectivity index (χ1) is 14.1. The summed E-state index contributed by atoms with van der Waals surface area (Å²) in [5.41, 5.74) is 1.14. The molecule has 2 aromatic carbocycles. The van der Waals surface area contributed by atoms with Gasteiger partial charge in [-0.25, -0.2) is 9.18 Å². The predicted octanol–water partition coefficient (Wildman–Crippen LogP) is 3.48. The number of nitrogens with zero attached hydrogens (tertiary/aromatic N) is 1. The van der Waals surface area contributed by atoms with Crippen molar-refractivity contribution in [2.45, 2.75) is 12.8 Å². The van der Waals surface area contributed by atoms with E-state index >= 15 is 0 Å². The molecule has 2 aliphatic heterocycles. The minimum Gasteiger partial charge on any atom is -0.486 e. The molecule has 0 radical (unpaired) electrons. The van der Waals surface area contributed by atoms with E-state index in [0.29, 0.717) is 55.6 Å². The Balaban J connectivity index is 1.35. The average Bonchev–Trinajstić information content (AvgIpc) is 2.75. The first kappa shape index (κ1) is 19.0. The van der Waals surface area contributed by atoms with E-state index in [4.69, 9.17) is 9.47 Å². The third kappa shape index (κ3) is 4.59. The third-order valence-corrected chi connectivity index (χ3v) is 4.98. The molecule has 3 amide bonds. The van der Waals surface area contributed by atoms with Crippen LogP contribution in [-0.4, -0.2) is 43.1 Å². The number of rotatable bonds is 3. The lowest BCUT2D eigenvalue weighted by atomic mass is 9.97. The fourth-order valence-electron chi connectivity index (χ4n) is 3.48. The minimum absolute atomic E-state index is 0.138. The van der Waals surface area contributed by atoms with Gasteiger partial charge in [0.15, 0.2) is 11.5 Å². The Labute approximate surface area is 167 Å². The highest BCUT2D eigenvalue weighted by Gasteiger charge is 2.29. The van der Waals surface area contributed by atoms with Crippen LogP contribution in [0.25, 0.3) is 0 Å². The largest absolute Gasteiger partial charge is 0.486 e. The van der Waals surface area contributed by atoms with Gasteiger partial charge in [-0.15, -0.1) is 0 Å². The van der Waals surface area contributed by atoms with E-state index in [1.807, 2.05) is 0 Å².